The third kappa shape index (κ3) is 7.98. The Balaban J connectivity index is 1.13. The van der Waals surface area contributed by atoms with Gasteiger partial charge in [0.05, 0.1) is 40.9 Å². The largest absolute Gasteiger partial charge is 0.321 e. The Kier molecular flexibility index (Phi) is 9.56. The molecule has 0 spiro atoms. The van der Waals surface area contributed by atoms with Gasteiger partial charge in [-0.05, 0) is 54.1 Å². The molecule has 2 amide bonds. The fraction of sp³-hybridized carbons (Fsp3) is 0.0233. The fourth-order valence-corrected chi connectivity index (χ4v) is 5.55. The zero-order valence-electron chi connectivity index (χ0n) is 27.4. The second-order valence-electron chi connectivity index (χ2n) is 11.8. The Hall–Kier alpha value is -7.06. The van der Waals surface area contributed by atoms with E-state index in [2.05, 4.69) is 25.6 Å². The highest BCUT2D eigenvalue weighted by atomic mass is 16.2. The van der Waals surface area contributed by atoms with Crippen molar-refractivity contribution in [1.29, 1.82) is 0 Å². The van der Waals surface area contributed by atoms with E-state index in [0.29, 0.717) is 16.9 Å². The van der Waals surface area contributed by atoms with E-state index in [1.807, 2.05) is 115 Å². The topological polar surface area (TPSA) is 114 Å². The molecule has 4 aromatic carbocycles. The van der Waals surface area contributed by atoms with Gasteiger partial charge in [-0.25, -0.2) is 0 Å². The third-order valence-corrected chi connectivity index (χ3v) is 8.22. The van der Waals surface area contributed by atoms with Crippen LogP contribution in [0.4, 0.5) is 11.4 Å². The summed E-state index contributed by atoms with van der Waals surface area (Å²) < 4.78 is 0. The lowest BCUT2D eigenvalue weighted by atomic mass is 9.98. The van der Waals surface area contributed by atoms with Gasteiger partial charge in [0.15, 0.2) is 5.78 Å². The van der Waals surface area contributed by atoms with Crippen LogP contribution in [0.2, 0.25) is 0 Å². The molecule has 8 heteroatoms. The molecule has 7 aromatic rings. The summed E-state index contributed by atoms with van der Waals surface area (Å²) >= 11 is 0. The number of rotatable bonds is 10. The molecule has 0 saturated carbocycles. The monoisotopic (exact) mass is 665 g/mol. The number of aromatic nitrogens is 3. The summed E-state index contributed by atoms with van der Waals surface area (Å²) in [5.41, 5.74) is 7.34. The van der Waals surface area contributed by atoms with Gasteiger partial charge < -0.3 is 10.6 Å². The maximum atomic E-state index is 13.7. The van der Waals surface area contributed by atoms with Crippen molar-refractivity contribution in [2.24, 2.45) is 0 Å². The highest BCUT2D eigenvalue weighted by molar-refractivity contribution is 6.11. The molecule has 2 N–H and O–H groups in total. The molecular formula is C43H31N5O3. The minimum absolute atomic E-state index is 0.0317. The molecule has 0 aliphatic heterocycles. The van der Waals surface area contributed by atoms with Crippen LogP contribution in [0.5, 0.6) is 0 Å². The highest BCUT2D eigenvalue weighted by Crippen LogP contribution is 2.22. The summed E-state index contributed by atoms with van der Waals surface area (Å²) in [5, 5.41) is 5.70. The summed E-state index contributed by atoms with van der Waals surface area (Å²) in [7, 11) is 0. The highest BCUT2D eigenvalue weighted by Gasteiger charge is 2.18. The molecule has 0 aliphatic carbocycles. The molecule has 0 saturated heterocycles. The Bertz CT molecular complexity index is 2020. The lowest BCUT2D eigenvalue weighted by Gasteiger charge is -2.12. The molecular weight excluding hydrogens is 635 g/mol. The minimum atomic E-state index is -0.490. The van der Waals surface area contributed by atoms with Crippen LogP contribution < -0.4 is 10.6 Å². The van der Waals surface area contributed by atoms with E-state index in [4.69, 9.17) is 0 Å². The molecule has 0 unspecified atom stereocenters. The standard InChI is InChI=1S/C43H31N5O3/c49-41(22-29-16-19-38(44-26-29)30-10-4-1-5-11-30)33-23-34(42(50)47-36-17-20-39(45-27-36)31-12-6-2-7-13-31)25-35(24-33)43(51)48-37-18-21-40(46-28-37)32-14-8-3-9-15-32/h1-21,23-28H,22H2,(H,47,50)(H,48,51). The first-order valence-corrected chi connectivity index (χ1v) is 16.3. The van der Waals surface area contributed by atoms with Crippen LogP contribution in [0.25, 0.3) is 33.8 Å². The van der Waals surface area contributed by atoms with Crippen molar-refractivity contribution in [3.8, 4) is 33.8 Å². The molecule has 7 rings (SSSR count). The van der Waals surface area contributed by atoms with Gasteiger partial charge in [0.1, 0.15) is 0 Å². The third-order valence-electron chi connectivity index (χ3n) is 8.22. The van der Waals surface area contributed by atoms with Crippen molar-refractivity contribution in [2.45, 2.75) is 6.42 Å². The average Bonchev–Trinajstić information content (AvgIpc) is 3.19. The van der Waals surface area contributed by atoms with Crippen LogP contribution >= 0.6 is 0 Å². The predicted molar refractivity (Wildman–Crippen MR) is 199 cm³/mol. The van der Waals surface area contributed by atoms with Crippen LogP contribution in [-0.4, -0.2) is 32.5 Å². The molecule has 0 radical (unpaired) electrons. The molecule has 0 fully saturated rings. The summed E-state index contributed by atoms with van der Waals surface area (Å²) in [6.07, 6.45) is 4.84. The molecule has 3 aromatic heterocycles. The average molecular weight is 666 g/mol. The van der Waals surface area contributed by atoms with Crippen LogP contribution in [0.15, 0.2) is 164 Å². The number of nitrogens with one attached hydrogen (secondary N) is 2. The SMILES string of the molecule is O=C(Cc1ccc(-c2ccccc2)nc1)c1cc(C(=O)Nc2ccc(-c3ccccc3)nc2)cc(C(=O)Nc2ccc(-c3ccccc3)nc2)c1. The lowest BCUT2D eigenvalue weighted by Crippen LogP contribution is -2.18. The van der Waals surface area contributed by atoms with E-state index in [9.17, 15) is 14.4 Å². The van der Waals surface area contributed by atoms with Gasteiger partial charge >= 0.3 is 0 Å². The molecule has 0 bridgehead atoms. The van der Waals surface area contributed by atoms with Gasteiger partial charge in [-0.15, -0.1) is 0 Å². The lowest BCUT2D eigenvalue weighted by molar-refractivity contribution is 0.0992. The molecule has 51 heavy (non-hydrogen) atoms. The van der Waals surface area contributed by atoms with Crippen molar-refractivity contribution in [3.63, 3.8) is 0 Å². The molecule has 246 valence electrons. The summed E-state index contributed by atoms with van der Waals surface area (Å²) in [6.45, 7) is 0. The van der Waals surface area contributed by atoms with E-state index in [1.54, 1.807) is 30.7 Å². The first-order valence-electron chi connectivity index (χ1n) is 16.3. The van der Waals surface area contributed by atoms with E-state index >= 15 is 0 Å². The maximum Gasteiger partial charge on any atom is 0.255 e. The number of ketones is 1. The number of anilines is 2. The van der Waals surface area contributed by atoms with Gasteiger partial charge in [-0.1, -0.05) is 97.1 Å². The molecule has 8 nitrogen and oxygen atoms in total. The van der Waals surface area contributed by atoms with Crippen LogP contribution in [-0.2, 0) is 6.42 Å². The number of hydrogen-bond acceptors (Lipinski definition) is 6. The van der Waals surface area contributed by atoms with Crippen molar-refractivity contribution in [3.05, 3.63) is 186 Å². The Morgan fingerprint density at radius 2 is 0.824 bits per heavy atom. The first kappa shape index (κ1) is 32.5. The van der Waals surface area contributed by atoms with Crippen LogP contribution in [0.3, 0.4) is 0 Å². The number of benzene rings is 4. The second kappa shape index (κ2) is 15.0. The van der Waals surface area contributed by atoms with Gasteiger partial charge in [0.2, 0.25) is 0 Å². The zero-order chi connectivity index (χ0) is 35.0. The summed E-state index contributed by atoms with van der Waals surface area (Å²) in [4.78, 5) is 54.3. The Morgan fingerprint density at radius 3 is 1.20 bits per heavy atom. The Labute approximate surface area is 294 Å². The number of amides is 2. The normalized spacial score (nSPS) is 10.7. The Morgan fingerprint density at radius 1 is 0.431 bits per heavy atom. The van der Waals surface area contributed by atoms with E-state index in [0.717, 1.165) is 33.8 Å². The van der Waals surface area contributed by atoms with Gasteiger partial charge in [-0.2, -0.15) is 0 Å². The van der Waals surface area contributed by atoms with E-state index in [-0.39, 0.29) is 28.9 Å². The quantitative estimate of drug-likeness (QED) is 0.141. The van der Waals surface area contributed by atoms with Gasteiger partial charge in [0.25, 0.3) is 11.8 Å². The molecule has 3 heterocycles. The zero-order valence-corrected chi connectivity index (χ0v) is 27.4. The number of hydrogen-bond donors (Lipinski definition) is 2. The first-order chi connectivity index (χ1) is 25.0. The number of carbonyl (C=O) groups excluding carboxylic acids is 3. The number of nitrogens with zero attached hydrogens (tertiary/aromatic N) is 3. The second-order valence-corrected chi connectivity index (χ2v) is 11.8. The van der Waals surface area contributed by atoms with Gasteiger partial charge in [0, 0.05) is 46.0 Å². The summed E-state index contributed by atoms with van der Waals surface area (Å²) in [5.74, 6) is -1.25. The van der Waals surface area contributed by atoms with Crippen molar-refractivity contribution in [2.75, 3.05) is 10.6 Å². The summed E-state index contributed by atoms with van der Waals surface area (Å²) in [6, 6.07) is 44.5. The molecule has 0 aliphatic rings. The number of Topliss-reactive ketones (excluding diaryl/α,β-unsaturated/α-hetero) is 1. The smallest absolute Gasteiger partial charge is 0.255 e. The van der Waals surface area contributed by atoms with E-state index in [1.165, 1.54) is 18.2 Å². The minimum Gasteiger partial charge on any atom is -0.321 e. The van der Waals surface area contributed by atoms with Crippen LogP contribution in [0, 0.1) is 0 Å². The number of carbonyl (C=O) groups is 3. The van der Waals surface area contributed by atoms with Crippen molar-refractivity contribution in [1.82, 2.24) is 15.0 Å². The van der Waals surface area contributed by atoms with Crippen molar-refractivity contribution < 1.29 is 14.4 Å². The van der Waals surface area contributed by atoms with Crippen LogP contribution in [0.1, 0.15) is 36.6 Å². The molecule has 0 atom stereocenters. The maximum absolute atomic E-state index is 13.7. The van der Waals surface area contributed by atoms with Gasteiger partial charge in [-0.3, -0.25) is 29.3 Å². The fourth-order valence-electron chi connectivity index (χ4n) is 5.55. The van der Waals surface area contributed by atoms with Crippen molar-refractivity contribution >= 4 is 29.0 Å². The van der Waals surface area contributed by atoms with E-state index < -0.39 is 11.8 Å². The number of pyridine rings is 3. The predicted octanol–water partition coefficient (Wildman–Crippen LogP) is 8.80.